The van der Waals surface area contributed by atoms with Crippen molar-refractivity contribution in [2.75, 3.05) is 18.9 Å². The van der Waals surface area contributed by atoms with Crippen LogP contribution in [-0.4, -0.2) is 53.5 Å². The molecular weight excluding hydrogens is 520 g/mol. The van der Waals surface area contributed by atoms with Gasteiger partial charge in [-0.15, -0.1) is 0 Å². The van der Waals surface area contributed by atoms with Crippen LogP contribution in [0.4, 0.5) is 10.5 Å². The first-order valence-electron chi connectivity index (χ1n) is 13.6. The number of nitrogens with two attached hydrogens (primary N) is 1. The molecule has 0 aliphatic heterocycles. The van der Waals surface area contributed by atoms with E-state index in [0.29, 0.717) is 24.2 Å². The summed E-state index contributed by atoms with van der Waals surface area (Å²) in [6, 6.07) is 14.0. The Bertz CT molecular complexity index is 1360. The van der Waals surface area contributed by atoms with Crippen LogP contribution in [-0.2, 0) is 27.2 Å². The summed E-state index contributed by atoms with van der Waals surface area (Å²) in [5.41, 5.74) is 9.33. The molecule has 5 N–H and O–H groups in total. The Balaban J connectivity index is 1.82. The van der Waals surface area contributed by atoms with Gasteiger partial charge in [-0.3, -0.25) is 24.7 Å². The van der Waals surface area contributed by atoms with Crippen LogP contribution >= 0.6 is 0 Å². The largest absolute Gasteiger partial charge is 0.402 e. The van der Waals surface area contributed by atoms with E-state index in [9.17, 15) is 19.2 Å². The Hall–Kier alpha value is -4.47. The summed E-state index contributed by atoms with van der Waals surface area (Å²) in [6.07, 6.45) is 2.50. The van der Waals surface area contributed by atoms with E-state index in [4.69, 9.17) is 5.73 Å². The number of allylic oxidation sites excluding steroid dienone is 1. The molecule has 0 radical (unpaired) electrons. The lowest BCUT2D eigenvalue weighted by Crippen LogP contribution is -2.43. The molecule has 10 heteroatoms. The second-order valence-corrected chi connectivity index (χ2v) is 11.3. The zero-order chi connectivity index (χ0) is 30.3. The van der Waals surface area contributed by atoms with E-state index in [1.165, 1.54) is 18.0 Å². The van der Waals surface area contributed by atoms with Gasteiger partial charge in [0.1, 0.15) is 12.3 Å². The lowest BCUT2D eigenvalue weighted by molar-refractivity contribution is -0.131. The number of amides is 5. The number of urea groups is 1. The highest BCUT2D eigenvalue weighted by molar-refractivity contribution is 6.43. The van der Waals surface area contributed by atoms with Crippen LogP contribution in [0.5, 0.6) is 0 Å². The van der Waals surface area contributed by atoms with Gasteiger partial charge < -0.3 is 21.3 Å². The zero-order valence-corrected chi connectivity index (χ0v) is 24.6. The molecule has 0 aromatic heterocycles. The highest BCUT2D eigenvalue weighted by Gasteiger charge is 2.30. The van der Waals surface area contributed by atoms with Gasteiger partial charge in [-0.1, -0.05) is 36.4 Å². The summed E-state index contributed by atoms with van der Waals surface area (Å²) < 4.78 is 0. The molecule has 1 aliphatic carbocycles. The highest BCUT2D eigenvalue weighted by Crippen LogP contribution is 2.29. The molecule has 0 spiro atoms. The first kappa shape index (κ1) is 31.1. The fourth-order valence-electron chi connectivity index (χ4n) is 4.68. The summed E-state index contributed by atoms with van der Waals surface area (Å²) >= 11 is 0. The number of rotatable bonds is 8. The van der Waals surface area contributed by atoms with Crippen LogP contribution in [0.15, 0.2) is 65.3 Å². The van der Waals surface area contributed by atoms with Crippen molar-refractivity contribution in [3.63, 3.8) is 0 Å². The zero-order valence-electron chi connectivity index (χ0n) is 24.6. The maximum atomic E-state index is 13.9. The summed E-state index contributed by atoms with van der Waals surface area (Å²) in [7, 11) is 1.45. The van der Waals surface area contributed by atoms with E-state index in [2.05, 4.69) is 20.9 Å². The molecule has 5 amide bonds. The standard InChI is InChI=1S/C31H40N6O4/c1-19(32)14-26(36-31(3,4)5)29(40)37(20(2)21-10-8-7-9-11-21)18-27(38)34-25-13-12-22-15-24(16-23(22)17-25)28(39)35-30(41)33-6/h7-14,17,20,24H,15-16,18,32H2,1-6H3,(H,34,38)(H2,33,35,39,41)/t20-,24?/m1/s1. The fraction of sp³-hybridized carbons (Fsp3) is 0.387. The van der Waals surface area contributed by atoms with Gasteiger partial charge in [0, 0.05) is 24.4 Å². The summed E-state index contributed by atoms with van der Waals surface area (Å²) in [5.74, 6) is -1.50. The van der Waals surface area contributed by atoms with Gasteiger partial charge in [-0.05, 0) is 82.4 Å². The first-order valence-corrected chi connectivity index (χ1v) is 13.6. The predicted molar refractivity (Wildman–Crippen MR) is 160 cm³/mol. The Morgan fingerprint density at radius 2 is 1.73 bits per heavy atom. The number of hydrogen-bond donors (Lipinski definition) is 4. The van der Waals surface area contributed by atoms with E-state index in [-0.39, 0.29) is 30.0 Å². The summed E-state index contributed by atoms with van der Waals surface area (Å²) in [6.45, 7) is 9.00. The van der Waals surface area contributed by atoms with Gasteiger partial charge in [0.25, 0.3) is 5.91 Å². The maximum absolute atomic E-state index is 13.9. The van der Waals surface area contributed by atoms with Gasteiger partial charge in [0.05, 0.1) is 11.6 Å². The van der Waals surface area contributed by atoms with E-state index in [1.54, 1.807) is 13.0 Å². The van der Waals surface area contributed by atoms with Gasteiger partial charge >= 0.3 is 6.03 Å². The molecule has 0 heterocycles. The van der Waals surface area contributed by atoms with Crippen LogP contribution in [0.3, 0.4) is 0 Å². The minimum atomic E-state index is -0.546. The van der Waals surface area contributed by atoms with Crippen molar-refractivity contribution in [1.82, 2.24) is 15.5 Å². The number of fused-ring (bicyclic) bond motifs is 1. The number of carbonyl (C=O) groups excluding carboxylic acids is 4. The molecule has 3 rings (SSSR count). The Kier molecular flexibility index (Phi) is 10.0. The predicted octanol–water partition coefficient (Wildman–Crippen LogP) is 3.49. The van der Waals surface area contributed by atoms with E-state index in [0.717, 1.165) is 16.7 Å². The lowest BCUT2D eigenvalue weighted by atomic mass is 10.1. The molecule has 41 heavy (non-hydrogen) atoms. The number of nitrogens with zero attached hydrogens (tertiary/aromatic N) is 2. The number of nitrogens with one attached hydrogen (secondary N) is 3. The lowest BCUT2D eigenvalue weighted by Gasteiger charge is -2.30. The van der Waals surface area contributed by atoms with Crippen LogP contribution in [0.1, 0.15) is 57.4 Å². The van der Waals surface area contributed by atoms with Crippen molar-refractivity contribution in [3.8, 4) is 0 Å². The quantitative estimate of drug-likeness (QED) is 0.365. The van der Waals surface area contributed by atoms with Gasteiger partial charge in [0.2, 0.25) is 11.8 Å². The molecule has 1 unspecified atom stereocenters. The number of imide groups is 1. The molecule has 10 nitrogen and oxygen atoms in total. The van der Waals surface area contributed by atoms with Crippen molar-refractivity contribution >= 4 is 35.2 Å². The molecule has 2 atom stereocenters. The molecule has 0 saturated carbocycles. The van der Waals surface area contributed by atoms with Crippen LogP contribution in [0.25, 0.3) is 0 Å². The second kappa shape index (κ2) is 13.3. The molecule has 0 fully saturated rings. The first-order chi connectivity index (χ1) is 19.3. The minimum Gasteiger partial charge on any atom is -0.402 e. The smallest absolute Gasteiger partial charge is 0.321 e. The van der Waals surface area contributed by atoms with Crippen LogP contribution < -0.4 is 21.7 Å². The molecule has 2 aromatic rings. The van der Waals surface area contributed by atoms with Gasteiger partial charge in [-0.2, -0.15) is 0 Å². The third-order valence-electron chi connectivity index (χ3n) is 6.62. The summed E-state index contributed by atoms with van der Waals surface area (Å²) in [4.78, 5) is 57.2. The van der Waals surface area contributed by atoms with Crippen LogP contribution in [0, 0.1) is 5.92 Å². The van der Waals surface area contributed by atoms with E-state index < -0.39 is 23.5 Å². The van der Waals surface area contributed by atoms with E-state index in [1.807, 2.05) is 70.2 Å². The molecule has 0 saturated heterocycles. The number of anilines is 1. The minimum absolute atomic E-state index is 0.173. The van der Waals surface area contributed by atoms with E-state index >= 15 is 0 Å². The Morgan fingerprint density at radius 1 is 1.07 bits per heavy atom. The van der Waals surface area contributed by atoms with Gasteiger partial charge in [-0.25, -0.2) is 4.79 Å². The topological polar surface area (TPSA) is 146 Å². The normalized spacial score (nSPS) is 15.9. The van der Waals surface area contributed by atoms with Crippen molar-refractivity contribution in [2.24, 2.45) is 16.6 Å². The summed E-state index contributed by atoms with van der Waals surface area (Å²) in [5, 5.41) is 7.60. The third kappa shape index (κ3) is 8.76. The molecule has 1 aliphatic rings. The van der Waals surface area contributed by atoms with Crippen molar-refractivity contribution in [2.45, 2.75) is 59.0 Å². The number of benzene rings is 2. The Labute approximate surface area is 241 Å². The molecular formula is C31H40N6O4. The van der Waals surface area contributed by atoms with Crippen molar-refractivity contribution < 1.29 is 19.2 Å². The highest BCUT2D eigenvalue weighted by atomic mass is 16.2. The van der Waals surface area contributed by atoms with Crippen molar-refractivity contribution in [1.29, 1.82) is 0 Å². The number of carbonyl (C=O) groups is 4. The van der Waals surface area contributed by atoms with Crippen LogP contribution in [0.2, 0.25) is 0 Å². The molecule has 0 bridgehead atoms. The Morgan fingerprint density at radius 3 is 2.34 bits per heavy atom. The maximum Gasteiger partial charge on any atom is 0.321 e. The fourth-order valence-corrected chi connectivity index (χ4v) is 4.68. The monoisotopic (exact) mass is 560 g/mol. The number of hydrogen-bond acceptors (Lipinski definition) is 6. The molecule has 218 valence electrons. The third-order valence-corrected chi connectivity index (χ3v) is 6.62. The average molecular weight is 561 g/mol. The van der Waals surface area contributed by atoms with Crippen molar-refractivity contribution in [3.05, 3.63) is 77.0 Å². The molecule has 2 aromatic carbocycles. The SMILES string of the molecule is CNC(=O)NC(=O)C1Cc2ccc(NC(=O)CN(C(=O)C(C=C(C)N)=NC(C)(C)C)[C@H](C)c3ccccc3)cc2C1. The van der Waals surface area contributed by atoms with Gasteiger partial charge in [0.15, 0.2) is 0 Å². The average Bonchev–Trinajstić information content (AvgIpc) is 3.33. The second-order valence-electron chi connectivity index (χ2n) is 11.3. The number of aliphatic imine (C=N–C) groups is 1.